The molecule has 1 rings (SSSR count). The van der Waals surface area contributed by atoms with Crippen molar-refractivity contribution in [3.05, 3.63) is 29.8 Å². The molecule has 1 aromatic carbocycles. The Morgan fingerprint density at radius 1 is 1.21 bits per heavy atom. The van der Waals surface area contributed by atoms with Gasteiger partial charge in [0.25, 0.3) is 5.91 Å². The summed E-state index contributed by atoms with van der Waals surface area (Å²) in [6, 6.07) is 7.22. The van der Waals surface area contributed by atoms with Gasteiger partial charge in [-0.2, -0.15) is 0 Å². The van der Waals surface area contributed by atoms with Gasteiger partial charge < -0.3 is 5.32 Å². The molecule has 1 amide bonds. The first-order valence-electron chi connectivity index (χ1n) is 6.45. The SMILES string of the molecule is CCCC(=O)Sc1ccccc1C(=O)NC(C)(C)C. The van der Waals surface area contributed by atoms with Crippen molar-refractivity contribution in [1.29, 1.82) is 0 Å². The van der Waals surface area contributed by atoms with Crippen LogP contribution in [0.25, 0.3) is 0 Å². The highest BCUT2D eigenvalue weighted by Crippen LogP contribution is 2.25. The molecule has 1 N–H and O–H groups in total. The highest BCUT2D eigenvalue weighted by atomic mass is 32.2. The zero-order valence-corrected chi connectivity index (χ0v) is 12.8. The summed E-state index contributed by atoms with van der Waals surface area (Å²) < 4.78 is 0. The molecule has 0 spiro atoms. The van der Waals surface area contributed by atoms with Crippen molar-refractivity contribution in [2.75, 3.05) is 0 Å². The van der Waals surface area contributed by atoms with Crippen LogP contribution >= 0.6 is 11.8 Å². The Bertz CT molecular complexity index is 463. The maximum atomic E-state index is 12.2. The van der Waals surface area contributed by atoms with Gasteiger partial charge in [0.15, 0.2) is 5.12 Å². The molecule has 0 saturated heterocycles. The van der Waals surface area contributed by atoms with Crippen molar-refractivity contribution >= 4 is 22.8 Å². The highest BCUT2D eigenvalue weighted by Gasteiger charge is 2.18. The van der Waals surface area contributed by atoms with Crippen LogP contribution in [0.2, 0.25) is 0 Å². The van der Waals surface area contributed by atoms with Gasteiger partial charge in [-0.1, -0.05) is 30.8 Å². The summed E-state index contributed by atoms with van der Waals surface area (Å²) in [6.07, 6.45) is 1.35. The number of thioether (sulfide) groups is 1. The quantitative estimate of drug-likeness (QED) is 0.856. The molecule has 0 fully saturated rings. The molecule has 0 radical (unpaired) electrons. The first-order chi connectivity index (χ1) is 8.83. The lowest BCUT2D eigenvalue weighted by Gasteiger charge is -2.21. The average Bonchev–Trinajstić information content (AvgIpc) is 2.27. The van der Waals surface area contributed by atoms with E-state index in [1.54, 1.807) is 6.07 Å². The Labute approximate surface area is 119 Å². The van der Waals surface area contributed by atoms with E-state index in [0.717, 1.165) is 23.1 Å². The zero-order valence-electron chi connectivity index (χ0n) is 11.9. The lowest BCUT2D eigenvalue weighted by Crippen LogP contribution is -2.40. The second-order valence-corrected chi connectivity index (χ2v) is 6.52. The molecule has 0 aromatic heterocycles. The summed E-state index contributed by atoms with van der Waals surface area (Å²) in [6.45, 7) is 7.77. The van der Waals surface area contributed by atoms with Gasteiger partial charge in [-0.05, 0) is 39.3 Å². The third-order valence-electron chi connectivity index (χ3n) is 2.30. The molecule has 104 valence electrons. The van der Waals surface area contributed by atoms with Gasteiger partial charge in [-0.3, -0.25) is 9.59 Å². The molecule has 0 aliphatic carbocycles. The summed E-state index contributed by atoms with van der Waals surface area (Å²) in [5.74, 6) is -0.139. The van der Waals surface area contributed by atoms with Gasteiger partial charge in [0.2, 0.25) is 0 Å². The number of nitrogens with one attached hydrogen (secondary N) is 1. The third-order valence-corrected chi connectivity index (χ3v) is 3.31. The first-order valence-corrected chi connectivity index (χ1v) is 7.27. The maximum absolute atomic E-state index is 12.2. The highest BCUT2D eigenvalue weighted by molar-refractivity contribution is 8.13. The van der Waals surface area contributed by atoms with Crippen LogP contribution in [0.5, 0.6) is 0 Å². The number of hydrogen-bond donors (Lipinski definition) is 1. The van der Waals surface area contributed by atoms with E-state index in [9.17, 15) is 9.59 Å². The van der Waals surface area contributed by atoms with E-state index in [1.165, 1.54) is 0 Å². The van der Waals surface area contributed by atoms with E-state index in [1.807, 2.05) is 45.9 Å². The topological polar surface area (TPSA) is 46.2 Å². The zero-order chi connectivity index (χ0) is 14.5. The predicted octanol–water partition coefficient (Wildman–Crippen LogP) is 3.63. The smallest absolute Gasteiger partial charge is 0.252 e. The van der Waals surface area contributed by atoms with Crippen molar-refractivity contribution < 1.29 is 9.59 Å². The third kappa shape index (κ3) is 5.47. The minimum atomic E-state index is -0.289. The van der Waals surface area contributed by atoms with Crippen LogP contribution in [0, 0.1) is 0 Å². The molecule has 0 unspecified atom stereocenters. The summed E-state index contributed by atoms with van der Waals surface area (Å²) in [5.41, 5.74) is 0.273. The second kappa shape index (κ2) is 6.75. The molecule has 0 bridgehead atoms. The Hall–Kier alpha value is -1.29. The fraction of sp³-hybridized carbons (Fsp3) is 0.467. The van der Waals surface area contributed by atoms with Crippen LogP contribution in [0.15, 0.2) is 29.2 Å². The van der Waals surface area contributed by atoms with E-state index in [-0.39, 0.29) is 16.6 Å². The Morgan fingerprint density at radius 2 is 1.84 bits per heavy atom. The van der Waals surface area contributed by atoms with E-state index < -0.39 is 0 Å². The number of amides is 1. The molecule has 0 saturated carbocycles. The molecule has 19 heavy (non-hydrogen) atoms. The van der Waals surface area contributed by atoms with E-state index >= 15 is 0 Å². The van der Waals surface area contributed by atoms with Gasteiger partial charge in [0.05, 0.1) is 5.56 Å². The summed E-state index contributed by atoms with van der Waals surface area (Å²) in [5, 5.41) is 3.01. The number of benzene rings is 1. The molecule has 0 aliphatic rings. The molecular formula is C15H21NO2S. The van der Waals surface area contributed by atoms with Gasteiger partial charge in [0, 0.05) is 16.9 Å². The minimum Gasteiger partial charge on any atom is -0.347 e. The molecule has 3 nitrogen and oxygen atoms in total. The molecule has 0 heterocycles. The molecule has 0 aliphatic heterocycles. The largest absolute Gasteiger partial charge is 0.347 e. The van der Waals surface area contributed by atoms with Crippen LogP contribution in [0.1, 0.15) is 50.9 Å². The van der Waals surface area contributed by atoms with Crippen LogP contribution in [-0.2, 0) is 4.79 Å². The molecule has 1 aromatic rings. The van der Waals surface area contributed by atoms with Crippen LogP contribution in [0.3, 0.4) is 0 Å². The Kier molecular flexibility index (Phi) is 5.60. The Balaban J connectivity index is 2.89. The van der Waals surface area contributed by atoms with E-state index in [0.29, 0.717) is 12.0 Å². The van der Waals surface area contributed by atoms with E-state index in [4.69, 9.17) is 0 Å². The van der Waals surface area contributed by atoms with Gasteiger partial charge in [-0.25, -0.2) is 0 Å². The number of hydrogen-bond acceptors (Lipinski definition) is 3. The van der Waals surface area contributed by atoms with Crippen molar-refractivity contribution in [2.24, 2.45) is 0 Å². The van der Waals surface area contributed by atoms with Gasteiger partial charge in [-0.15, -0.1) is 0 Å². The van der Waals surface area contributed by atoms with Gasteiger partial charge in [0.1, 0.15) is 0 Å². The monoisotopic (exact) mass is 279 g/mol. The summed E-state index contributed by atoms with van der Waals surface area (Å²) in [4.78, 5) is 24.6. The summed E-state index contributed by atoms with van der Waals surface area (Å²) >= 11 is 1.15. The molecule has 4 heteroatoms. The molecular weight excluding hydrogens is 258 g/mol. The minimum absolute atomic E-state index is 0.0958. The van der Waals surface area contributed by atoms with Crippen molar-refractivity contribution in [3.8, 4) is 0 Å². The predicted molar refractivity (Wildman–Crippen MR) is 79.4 cm³/mol. The number of carbonyl (C=O) groups excluding carboxylic acids is 2. The van der Waals surface area contributed by atoms with Crippen LogP contribution in [-0.4, -0.2) is 16.6 Å². The van der Waals surface area contributed by atoms with Crippen LogP contribution < -0.4 is 5.32 Å². The van der Waals surface area contributed by atoms with E-state index in [2.05, 4.69) is 5.32 Å². The second-order valence-electron chi connectivity index (χ2n) is 5.42. The van der Waals surface area contributed by atoms with Crippen LogP contribution in [0.4, 0.5) is 0 Å². The lowest BCUT2D eigenvalue weighted by atomic mass is 10.1. The van der Waals surface area contributed by atoms with Gasteiger partial charge >= 0.3 is 0 Å². The number of rotatable bonds is 4. The molecule has 0 atom stereocenters. The standard InChI is InChI=1S/C15H21NO2S/c1-5-8-13(17)19-12-10-7-6-9-11(12)14(18)16-15(2,3)4/h6-7,9-10H,5,8H2,1-4H3,(H,16,18). The number of carbonyl (C=O) groups is 2. The first kappa shape index (κ1) is 15.8. The average molecular weight is 279 g/mol. The Morgan fingerprint density at radius 3 is 2.42 bits per heavy atom. The summed E-state index contributed by atoms with van der Waals surface area (Å²) in [7, 11) is 0. The normalized spacial score (nSPS) is 11.2. The lowest BCUT2D eigenvalue weighted by molar-refractivity contribution is -0.111. The van der Waals surface area contributed by atoms with Crippen molar-refractivity contribution in [1.82, 2.24) is 5.32 Å². The van der Waals surface area contributed by atoms with Crippen molar-refractivity contribution in [3.63, 3.8) is 0 Å². The fourth-order valence-corrected chi connectivity index (χ4v) is 2.50. The van der Waals surface area contributed by atoms with Crippen molar-refractivity contribution in [2.45, 2.75) is 51.0 Å². The fourth-order valence-electron chi connectivity index (χ4n) is 1.53. The maximum Gasteiger partial charge on any atom is 0.252 e.